The molecule has 3 N–H and O–H groups in total. The summed E-state index contributed by atoms with van der Waals surface area (Å²) in [6, 6.07) is -0.412. The molecule has 0 radical (unpaired) electrons. The fourth-order valence-corrected chi connectivity index (χ4v) is 2.00. The first kappa shape index (κ1) is 13.5. The zero-order valence-electron chi connectivity index (χ0n) is 11.1. The van der Waals surface area contributed by atoms with Crippen LogP contribution in [0.5, 0.6) is 0 Å². The monoisotopic (exact) mass is 226 g/mol. The number of rotatable bonds is 5. The molecular weight excluding hydrogens is 200 g/mol. The summed E-state index contributed by atoms with van der Waals surface area (Å²) < 4.78 is 0. The Labute approximate surface area is 99.2 Å². The highest BCUT2D eigenvalue weighted by atomic mass is 16.2. The van der Waals surface area contributed by atoms with Crippen LogP contribution >= 0.6 is 0 Å². The van der Waals surface area contributed by atoms with Crippen molar-refractivity contribution in [3.63, 3.8) is 0 Å². The Morgan fingerprint density at radius 3 is 2.38 bits per heavy atom. The summed E-state index contributed by atoms with van der Waals surface area (Å²) in [6.07, 6.45) is 4.93. The van der Waals surface area contributed by atoms with Crippen molar-refractivity contribution in [3.05, 3.63) is 0 Å². The van der Waals surface area contributed by atoms with Gasteiger partial charge in [0.25, 0.3) is 0 Å². The molecule has 0 bridgehead atoms. The molecule has 16 heavy (non-hydrogen) atoms. The standard InChI is InChI=1S/C13H26N2O/c1-5-6-13(7-8-13)9-15-11(16)10(14)12(2,3)4/h10H,5-9,14H2,1-4H3,(H,15,16)/t10-/m0/s1. The minimum atomic E-state index is -0.412. The van der Waals surface area contributed by atoms with E-state index in [0.29, 0.717) is 5.41 Å². The third kappa shape index (κ3) is 3.48. The predicted molar refractivity (Wildman–Crippen MR) is 67.0 cm³/mol. The maximum atomic E-state index is 11.8. The third-order valence-corrected chi connectivity index (χ3v) is 3.59. The number of hydrogen-bond donors (Lipinski definition) is 2. The Bertz CT molecular complexity index is 251. The van der Waals surface area contributed by atoms with Crippen molar-refractivity contribution in [1.29, 1.82) is 0 Å². The Morgan fingerprint density at radius 1 is 1.44 bits per heavy atom. The summed E-state index contributed by atoms with van der Waals surface area (Å²) in [5.41, 5.74) is 6.15. The molecule has 1 fully saturated rings. The van der Waals surface area contributed by atoms with Crippen molar-refractivity contribution in [2.45, 2.75) is 59.4 Å². The molecule has 3 nitrogen and oxygen atoms in total. The minimum absolute atomic E-state index is 0.00474. The van der Waals surface area contributed by atoms with Crippen LogP contribution in [0.25, 0.3) is 0 Å². The summed E-state index contributed by atoms with van der Waals surface area (Å²) in [5.74, 6) is -0.00474. The van der Waals surface area contributed by atoms with Gasteiger partial charge in [0, 0.05) is 6.54 Å². The predicted octanol–water partition coefficient (Wildman–Crippen LogP) is 2.06. The summed E-state index contributed by atoms with van der Waals surface area (Å²) in [7, 11) is 0. The van der Waals surface area contributed by atoms with Gasteiger partial charge >= 0.3 is 0 Å². The molecule has 1 rings (SSSR count). The molecule has 0 spiro atoms. The van der Waals surface area contributed by atoms with E-state index in [-0.39, 0.29) is 11.3 Å². The minimum Gasteiger partial charge on any atom is -0.354 e. The lowest BCUT2D eigenvalue weighted by molar-refractivity contribution is -0.124. The third-order valence-electron chi connectivity index (χ3n) is 3.59. The number of hydrogen-bond acceptors (Lipinski definition) is 2. The van der Waals surface area contributed by atoms with Crippen LogP contribution in [0, 0.1) is 10.8 Å². The molecule has 0 aromatic rings. The fraction of sp³-hybridized carbons (Fsp3) is 0.923. The number of nitrogens with two attached hydrogens (primary N) is 1. The maximum Gasteiger partial charge on any atom is 0.237 e. The van der Waals surface area contributed by atoms with Gasteiger partial charge in [-0.05, 0) is 30.1 Å². The molecule has 3 heteroatoms. The normalized spacial score (nSPS) is 20.3. The van der Waals surface area contributed by atoms with Gasteiger partial charge in [-0.15, -0.1) is 0 Å². The van der Waals surface area contributed by atoms with E-state index >= 15 is 0 Å². The van der Waals surface area contributed by atoms with Crippen LogP contribution in [0.1, 0.15) is 53.4 Å². The van der Waals surface area contributed by atoms with E-state index in [4.69, 9.17) is 5.73 Å². The Balaban J connectivity index is 2.36. The van der Waals surface area contributed by atoms with Crippen molar-refractivity contribution in [2.24, 2.45) is 16.6 Å². The van der Waals surface area contributed by atoms with Crippen LogP contribution in [0.3, 0.4) is 0 Å². The SMILES string of the molecule is CCCC1(CNC(=O)[C@H](N)C(C)(C)C)CC1. The number of amides is 1. The van der Waals surface area contributed by atoms with Gasteiger partial charge < -0.3 is 11.1 Å². The van der Waals surface area contributed by atoms with Crippen molar-refractivity contribution < 1.29 is 4.79 Å². The van der Waals surface area contributed by atoms with Crippen LogP contribution in [-0.4, -0.2) is 18.5 Å². The molecule has 0 saturated heterocycles. The van der Waals surface area contributed by atoms with Crippen LogP contribution < -0.4 is 11.1 Å². The summed E-state index contributed by atoms with van der Waals surface area (Å²) in [5, 5.41) is 3.01. The molecular formula is C13H26N2O. The molecule has 1 amide bonds. The molecule has 0 heterocycles. The molecule has 1 aliphatic carbocycles. The van der Waals surface area contributed by atoms with Gasteiger partial charge in [0.1, 0.15) is 0 Å². The lowest BCUT2D eigenvalue weighted by atomic mass is 9.87. The van der Waals surface area contributed by atoms with Crippen LogP contribution in [0.2, 0.25) is 0 Å². The number of carbonyl (C=O) groups is 1. The number of carbonyl (C=O) groups excluding carboxylic acids is 1. The lowest BCUT2D eigenvalue weighted by Gasteiger charge is -2.26. The zero-order valence-corrected chi connectivity index (χ0v) is 11.1. The summed E-state index contributed by atoms with van der Waals surface area (Å²) in [6.45, 7) is 8.99. The van der Waals surface area contributed by atoms with Crippen molar-refractivity contribution in [2.75, 3.05) is 6.54 Å². The van der Waals surface area contributed by atoms with E-state index in [9.17, 15) is 4.79 Å². The van der Waals surface area contributed by atoms with Gasteiger partial charge in [0.15, 0.2) is 0 Å². The highest BCUT2D eigenvalue weighted by molar-refractivity contribution is 5.82. The van der Waals surface area contributed by atoms with E-state index in [2.05, 4.69) is 12.2 Å². The van der Waals surface area contributed by atoms with Gasteiger partial charge in [-0.1, -0.05) is 34.1 Å². The van der Waals surface area contributed by atoms with Gasteiger partial charge in [-0.3, -0.25) is 4.79 Å². The Morgan fingerprint density at radius 2 is 2.00 bits per heavy atom. The van der Waals surface area contributed by atoms with Crippen molar-refractivity contribution >= 4 is 5.91 Å². The molecule has 0 aromatic heterocycles. The van der Waals surface area contributed by atoms with Gasteiger partial charge in [-0.25, -0.2) is 0 Å². The molecule has 94 valence electrons. The van der Waals surface area contributed by atoms with Gasteiger partial charge in [0.2, 0.25) is 5.91 Å². The second-order valence-corrected chi connectivity index (χ2v) is 6.31. The Kier molecular flexibility index (Phi) is 4.00. The molecule has 0 aromatic carbocycles. The summed E-state index contributed by atoms with van der Waals surface area (Å²) >= 11 is 0. The molecule has 1 atom stereocenters. The van der Waals surface area contributed by atoms with Crippen LogP contribution in [0.4, 0.5) is 0 Å². The first-order chi connectivity index (χ1) is 7.31. The average Bonchev–Trinajstić information content (AvgIpc) is 2.93. The van der Waals surface area contributed by atoms with Gasteiger partial charge in [-0.2, -0.15) is 0 Å². The molecule has 1 aliphatic rings. The molecule has 0 unspecified atom stereocenters. The van der Waals surface area contributed by atoms with Crippen molar-refractivity contribution in [1.82, 2.24) is 5.32 Å². The lowest BCUT2D eigenvalue weighted by Crippen LogP contribution is -2.49. The fourth-order valence-electron chi connectivity index (χ4n) is 2.00. The second kappa shape index (κ2) is 4.74. The molecule has 0 aliphatic heterocycles. The second-order valence-electron chi connectivity index (χ2n) is 6.31. The average molecular weight is 226 g/mol. The largest absolute Gasteiger partial charge is 0.354 e. The van der Waals surface area contributed by atoms with E-state index in [1.807, 2.05) is 20.8 Å². The van der Waals surface area contributed by atoms with Crippen LogP contribution in [-0.2, 0) is 4.79 Å². The zero-order chi connectivity index (χ0) is 12.4. The summed E-state index contributed by atoms with van der Waals surface area (Å²) in [4.78, 5) is 11.8. The molecule has 1 saturated carbocycles. The van der Waals surface area contributed by atoms with E-state index < -0.39 is 6.04 Å². The van der Waals surface area contributed by atoms with E-state index in [0.717, 1.165) is 6.54 Å². The topological polar surface area (TPSA) is 55.1 Å². The Hall–Kier alpha value is -0.570. The van der Waals surface area contributed by atoms with Crippen LogP contribution in [0.15, 0.2) is 0 Å². The quantitative estimate of drug-likeness (QED) is 0.754. The maximum absolute atomic E-state index is 11.8. The van der Waals surface area contributed by atoms with Gasteiger partial charge in [0.05, 0.1) is 6.04 Å². The van der Waals surface area contributed by atoms with E-state index in [1.165, 1.54) is 25.7 Å². The number of nitrogens with one attached hydrogen (secondary N) is 1. The van der Waals surface area contributed by atoms with Crippen molar-refractivity contribution in [3.8, 4) is 0 Å². The highest BCUT2D eigenvalue weighted by Gasteiger charge is 2.42. The first-order valence-corrected chi connectivity index (χ1v) is 6.34. The van der Waals surface area contributed by atoms with E-state index in [1.54, 1.807) is 0 Å². The highest BCUT2D eigenvalue weighted by Crippen LogP contribution is 2.48. The first-order valence-electron chi connectivity index (χ1n) is 6.34. The smallest absolute Gasteiger partial charge is 0.237 e.